The van der Waals surface area contributed by atoms with Gasteiger partial charge in [0.25, 0.3) is 0 Å². The minimum absolute atomic E-state index is 0.00428. The van der Waals surface area contributed by atoms with Gasteiger partial charge in [-0.1, -0.05) is 78.9 Å². The average Bonchev–Trinajstić information content (AvgIpc) is 4.07. The molecule has 1 aromatic heterocycles. The van der Waals surface area contributed by atoms with E-state index in [0.29, 0.717) is 16.7 Å². The van der Waals surface area contributed by atoms with Gasteiger partial charge < -0.3 is 80.3 Å². The van der Waals surface area contributed by atoms with E-state index < -0.39 is 108 Å². The molecule has 0 aliphatic carbocycles. The molecule has 4 aromatic rings. The number of carbonyl (C=O) groups excluding carboxylic acids is 8. The third kappa shape index (κ3) is 21.3. The molecule has 1 aliphatic heterocycles. The lowest BCUT2D eigenvalue weighted by molar-refractivity contribution is -0.142. The lowest BCUT2D eigenvalue weighted by Gasteiger charge is -2.30. The fraction of sp³-hybridized carbons (Fsp3) is 0.436. The van der Waals surface area contributed by atoms with E-state index in [0.717, 1.165) is 10.9 Å². The van der Waals surface area contributed by atoms with Crippen molar-refractivity contribution in [1.82, 2.24) is 47.5 Å². The normalized spacial score (nSPS) is 20.8. The number of hydrogen-bond donors (Lipinski definition) is 14. The highest BCUT2D eigenvalue weighted by molar-refractivity contribution is 5.99. The monoisotopic (exact) mass is 1120 g/mol. The van der Waals surface area contributed by atoms with Crippen molar-refractivity contribution in [3.63, 3.8) is 0 Å². The number of fused-ring (bicyclic) bond motifs is 1. The predicted molar refractivity (Wildman–Crippen MR) is 301 cm³/mol. The Kier molecular flexibility index (Phi) is 24.9. The van der Waals surface area contributed by atoms with Gasteiger partial charge in [0.2, 0.25) is 47.3 Å². The van der Waals surface area contributed by atoms with Gasteiger partial charge in [0.15, 0.2) is 11.9 Å². The number of nitrogens with two attached hydrogens (primary N) is 4. The van der Waals surface area contributed by atoms with Crippen LogP contribution in [0.3, 0.4) is 0 Å². The van der Waals surface area contributed by atoms with Crippen molar-refractivity contribution in [3.8, 4) is 0 Å². The second kappa shape index (κ2) is 32.1. The van der Waals surface area contributed by atoms with E-state index in [9.17, 15) is 48.3 Å². The highest BCUT2D eigenvalue weighted by Crippen LogP contribution is 2.20. The standard InChI is InChI=1S/C55H75N15O11/c1-32(81-31-35-17-7-4-8-18-35)46-52(78)69-42(27-34-15-5-3-6-16-34)49(75)65-40(23-14-26-62-55(58)59)48(74)67-43(28-36-30-63-38-20-10-9-19-37(36)38)50(76)66-41(53(79)80)21-11-12-24-60-45(72)29-44(51(77)70-46)68-47(73)39(64-33(2)71)22-13-25-61-54(56)57/h3-10,15-20,30,32,39-44,46,63H,11-14,21-29,31H2,1-2H3,(H,60,72)(H,64,71)(H,65,75)(H,66,76)(H,67,74)(H,68,73)(H,69,78)(H,70,77)(H,79,80)(H4,56,57,61)(H4,58,59,62)/t32-,39+,40+,41+,42?,43+,44?,46+/m1/s1. The number of nitrogens with one attached hydrogen (secondary N) is 9. The van der Waals surface area contributed by atoms with Crippen LogP contribution in [0.4, 0.5) is 0 Å². The van der Waals surface area contributed by atoms with Crippen LogP contribution in [0.1, 0.15) is 81.9 Å². The molecular weight excluding hydrogens is 1050 g/mol. The maximum Gasteiger partial charge on any atom is 0.326 e. The Bertz CT molecular complexity index is 2840. The van der Waals surface area contributed by atoms with Gasteiger partial charge in [0.1, 0.15) is 42.3 Å². The number of nitrogens with zero attached hydrogens (tertiary/aromatic N) is 2. The van der Waals surface area contributed by atoms with E-state index in [1.165, 1.54) is 13.8 Å². The molecule has 26 heteroatoms. The van der Waals surface area contributed by atoms with Gasteiger partial charge in [-0.05, 0) is 74.6 Å². The van der Waals surface area contributed by atoms with Crippen LogP contribution in [0.5, 0.6) is 0 Å². The van der Waals surface area contributed by atoms with Crippen molar-refractivity contribution in [2.24, 2.45) is 32.9 Å². The molecule has 1 fully saturated rings. The number of amides is 8. The highest BCUT2D eigenvalue weighted by atomic mass is 16.5. The Labute approximate surface area is 468 Å². The zero-order chi connectivity index (χ0) is 58.8. The molecule has 1 saturated heterocycles. The lowest BCUT2D eigenvalue weighted by Crippen LogP contribution is -2.62. The average molecular weight is 1120 g/mol. The molecule has 0 bridgehead atoms. The van der Waals surface area contributed by atoms with Gasteiger partial charge in [0, 0.05) is 56.5 Å². The topological polar surface area (TPSA) is 424 Å². The number of H-pyrrole nitrogens is 1. The van der Waals surface area contributed by atoms with Crippen LogP contribution in [0.15, 0.2) is 101 Å². The number of aromatic amines is 1. The van der Waals surface area contributed by atoms with Gasteiger partial charge in [-0.3, -0.25) is 48.3 Å². The van der Waals surface area contributed by atoms with Gasteiger partial charge in [0.05, 0.1) is 19.1 Å². The lowest BCUT2D eigenvalue weighted by atomic mass is 10.0. The van der Waals surface area contributed by atoms with Crippen LogP contribution in [-0.4, -0.2) is 143 Å². The van der Waals surface area contributed by atoms with Crippen LogP contribution < -0.4 is 65.5 Å². The molecule has 8 atom stereocenters. The number of aliphatic imine (C=N–C) groups is 2. The molecular formula is C55H75N15O11. The maximum absolute atomic E-state index is 14.9. The summed E-state index contributed by atoms with van der Waals surface area (Å²) in [5.74, 6) is -8.50. The molecule has 2 heterocycles. The van der Waals surface area contributed by atoms with Crippen LogP contribution in [0.25, 0.3) is 10.9 Å². The molecule has 81 heavy (non-hydrogen) atoms. The number of carbonyl (C=O) groups is 9. The number of para-hydroxylation sites is 1. The minimum atomic E-state index is -1.70. The van der Waals surface area contributed by atoms with E-state index in [4.69, 9.17) is 27.7 Å². The van der Waals surface area contributed by atoms with Gasteiger partial charge in [-0.2, -0.15) is 0 Å². The summed E-state index contributed by atoms with van der Waals surface area (Å²) >= 11 is 0. The van der Waals surface area contributed by atoms with Crippen LogP contribution in [0.2, 0.25) is 0 Å². The molecule has 3 aromatic carbocycles. The molecule has 0 saturated carbocycles. The van der Waals surface area contributed by atoms with Crippen molar-refractivity contribution in [2.45, 2.75) is 133 Å². The Hall–Kier alpha value is -9.07. The van der Waals surface area contributed by atoms with E-state index in [1.807, 2.05) is 18.2 Å². The van der Waals surface area contributed by atoms with Crippen molar-refractivity contribution >= 4 is 76.0 Å². The van der Waals surface area contributed by atoms with Crippen molar-refractivity contribution in [1.29, 1.82) is 0 Å². The molecule has 26 nitrogen and oxygen atoms in total. The largest absolute Gasteiger partial charge is 0.480 e. The van der Waals surface area contributed by atoms with Crippen molar-refractivity contribution in [2.75, 3.05) is 19.6 Å². The van der Waals surface area contributed by atoms with E-state index in [-0.39, 0.29) is 95.9 Å². The quantitative estimate of drug-likeness (QED) is 0.0282. The summed E-state index contributed by atoms with van der Waals surface area (Å²) in [5, 5.41) is 32.3. The molecule has 436 valence electrons. The number of guanidine groups is 2. The minimum Gasteiger partial charge on any atom is -0.480 e. The molecule has 2 unspecified atom stereocenters. The first-order valence-corrected chi connectivity index (χ1v) is 26.7. The van der Waals surface area contributed by atoms with Crippen molar-refractivity contribution in [3.05, 3.63) is 108 Å². The number of rotatable bonds is 20. The molecule has 18 N–H and O–H groups in total. The van der Waals surface area contributed by atoms with E-state index in [2.05, 4.69) is 57.5 Å². The van der Waals surface area contributed by atoms with E-state index >= 15 is 0 Å². The number of carboxylic acid groups (broad SMARTS) is 1. The number of aromatic nitrogens is 1. The summed E-state index contributed by atoms with van der Waals surface area (Å²) in [7, 11) is 0. The molecule has 0 radical (unpaired) electrons. The first-order chi connectivity index (χ1) is 38.8. The zero-order valence-electron chi connectivity index (χ0n) is 45.4. The summed E-state index contributed by atoms with van der Waals surface area (Å²) in [6, 6.07) is 14.5. The summed E-state index contributed by atoms with van der Waals surface area (Å²) < 4.78 is 6.19. The fourth-order valence-corrected chi connectivity index (χ4v) is 8.90. The predicted octanol–water partition coefficient (Wildman–Crippen LogP) is -1.15. The fourth-order valence-electron chi connectivity index (χ4n) is 8.90. The number of carboxylic acids is 1. The van der Waals surface area contributed by atoms with Crippen LogP contribution in [0, 0.1) is 0 Å². The summed E-state index contributed by atoms with van der Waals surface area (Å²) in [6.07, 6.45) is 0.0247. The number of ether oxygens (including phenoxy) is 1. The first kappa shape index (κ1) is 62.8. The second-order valence-electron chi connectivity index (χ2n) is 19.6. The molecule has 0 spiro atoms. The summed E-state index contributed by atoms with van der Waals surface area (Å²) in [5.41, 5.74) is 24.8. The van der Waals surface area contributed by atoms with Crippen LogP contribution in [-0.2, 0) is 67.3 Å². The molecule has 8 amide bonds. The maximum atomic E-state index is 14.9. The Balaban J connectivity index is 1.57. The highest BCUT2D eigenvalue weighted by Gasteiger charge is 2.37. The summed E-state index contributed by atoms with van der Waals surface area (Å²) in [4.78, 5) is 137. The number of aliphatic carboxylic acids is 1. The Morgan fingerprint density at radius 1 is 0.704 bits per heavy atom. The van der Waals surface area contributed by atoms with E-state index in [1.54, 1.807) is 72.9 Å². The Morgan fingerprint density at radius 3 is 1.96 bits per heavy atom. The smallest absolute Gasteiger partial charge is 0.326 e. The van der Waals surface area contributed by atoms with Gasteiger partial charge in [-0.15, -0.1) is 0 Å². The van der Waals surface area contributed by atoms with Gasteiger partial charge in [-0.25, -0.2) is 4.79 Å². The van der Waals surface area contributed by atoms with Crippen LogP contribution >= 0.6 is 0 Å². The SMILES string of the molecule is CC(=O)N[C@@H](CCCN=C(N)N)C(=O)NC1CC(=O)NCCCC[C@@H](C(=O)O)NC(=O)[C@H](Cc2c[nH]c3ccccc23)NC(=O)[C@H](CCCN=C(N)N)NC(=O)C(Cc2ccccc2)NC(=O)[C@H]([C@@H](C)OCc2ccccc2)NC1=O. The van der Waals surface area contributed by atoms with Crippen molar-refractivity contribution < 1.29 is 53.0 Å². The number of benzene rings is 3. The van der Waals surface area contributed by atoms with Gasteiger partial charge >= 0.3 is 5.97 Å². The second-order valence-corrected chi connectivity index (χ2v) is 19.6. The third-order valence-electron chi connectivity index (χ3n) is 13.1. The first-order valence-electron chi connectivity index (χ1n) is 26.7. The summed E-state index contributed by atoms with van der Waals surface area (Å²) in [6.45, 7) is 2.74. The zero-order valence-corrected chi connectivity index (χ0v) is 45.4. The number of hydrogen-bond acceptors (Lipinski definition) is 12. The Morgan fingerprint density at radius 2 is 1.30 bits per heavy atom. The molecule has 5 rings (SSSR count). The molecule has 1 aliphatic rings. The third-order valence-corrected chi connectivity index (χ3v) is 13.1.